The van der Waals surface area contributed by atoms with Gasteiger partial charge in [-0.25, -0.2) is 9.78 Å². The highest BCUT2D eigenvalue weighted by Gasteiger charge is 2.27. The fourth-order valence-electron chi connectivity index (χ4n) is 3.49. The molecule has 0 saturated carbocycles. The van der Waals surface area contributed by atoms with Gasteiger partial charge in [-0.05, 0) is 55.7 Å². The lowest BCUT2D eigenvalue weighted by molar-refractivity contribution is -0.139. The maximum Gasteiger partial charge on any atom is 0.341 e. The van der Waals surface area contributed by atoms with E-state index in [-0.39, 0.29) is 6.61 Å². The first-order valence-electron chi connectivity index (χ1n) is 9.06. The van der Waals surface area contributed by atoms with E-state index in [1.165, 1.54) is 0 Å². The number of pyridine rings is 1. The molecule has 0 amide bonds. The van der Waals surface area contributed by atoms with E-state index in [9.17, 15) is 4.79 Å². The summed E-state index contributed by atoms with van der Waals surface area (Å²) in [4.78, 5) is 20.5. The number of fused-ring (bicyclic) bond motifs is 1. The zero-order chi connectivity index (χ0) is 19.7. The average molecular weight is 372 g/mol. The third kappa shape index (κ3) is 3.27. The van der Waals surface area contributed by atoms with E-state index in [2.05, 4.69) is 6.08 Å². The van der Waals surface area contributed by atoms with E-state index in [0.29, 0.717) is 5.75 Å². The summed E-state index contributed by atoms with van der Waals surface area (Å²) >= 11 is 0. The number of carboxylic acids is 1. The van der Waals surface area contributed by atoms with Crippen molar-refractivity contribution in [1.29, 1.82) is 0 Å². The zero-order valence-corrected chi connectivity index (χ0v) is 15.7. The van der Waals surface area contributed by atoms with Crippen LogP contribution in [0, 0.1) is 0 Å². The van der Waals surface area contributed by atoms with Crippen molar-refractivity contribution >= 4 is 22.5 Å². The van der Waals surface area contributed by atoms with Crippen molar-refractivity contribution < 1.29 is 14.6 Å². The molecule has 0 aliphatic carbocycles. The molecular formula is C23H20N2O3. The van der Waals surface area contributed by atoms with E-state index in [1.54, 1.807) is 6.07 Å². The molecular weight excluding hydrogens is 352 g/mol. The number of carboxylic acid groups (broad SMARTS) is 1. The van der Waals surface area contributed by atoms with E-state index in [0.717, 1.165) is 33.4 Å². The van der Waals surface area contributed by atoms with Gasteiger partial charge in [0, 0.05) is 16.7 Å². The first kappa shape index (κ1) is 17.9. The van der Waals surface area contributed by atoms with Crippen LogP contribution in [0.5, 0.6) is 5.75 Å². The monoisotopic (exact) mass is 372 g/mol. The molecule has 3 aromatic rings. The van der Waals surface area contributed by atoms with Crippen LogP contribution in [0.1, 0.15) is 19.5 Å². The summed E-state index contributed by atoms with van der Waals surface area (Å²) in [6, 6.07) is 17.5. The molecule has 2 heterocycles. The van der Waals surface area contributed by atoms with Gasteiger partial charge in [0.15, 0.2) is 6.61 Å². The standard InChI is InChI=1S/C23H20N2O3/c1-15-12-13-23(2,25-15)21-9-5-8-19(24-21)17-10-11-20(28-14-22(26)27)18-7-4-3-6-16(17)18/h3-13H,14H2,1-2H3,(H,26,27). The predicted molar refractivity (Wildman–Crippen MR) is 110 cm³/mol. The Morgan fingerprint density at radius 2 is 1.86 bits per heavy atom. The van der Waals surface area contributed by atoms with Crippen LogP contribution in [0.3, 0.4) is 0 Å². The Bertz CT molecular complexity index is 1130. The lowest BCUT2D eigenvalue weighted by atomic mass is 9.96. The van der Waals surface area contributed by atoms with Crippen LogP contribution in [0.2, 0.25) is 0 Å². The highest BCUT2D eigenvalue weighted by molar-refractivity contribution is 5.99. The number of nitrogens with zero attached hydrogens (tertiary/aromatic N) is 2. The van der Waals surface area contributed by atoms with Gasteiger partial charge in [-0.2, -0.15) is 0 Å². The summed E-state index contributed by atoms with van der Waals surface area (Å²) in [7, 11) is 0. The number of aromatic nitrogens is 1. The number of ether oxygens (including phenoxy) is 1. The molecule has 0 radical (unpaired) electrons. The molecule has 5 heteroatoms. The average Bonchev–Trinajstić information content (AvgIpc) is 3.06. The number of benzene rings is 2. The normalized spacial score (nSPS) is 18.3. The molecule has 5 nitrogen and oxygen atoms in total. The molecule has 1 aliphatic rings. The minimum absolute atomic E-state index is 0.376. The van der Waals surface area contributed by atoms with Gasteiger partial charge >= 0.3 is 5.97 Å². The fourth-order valence-corrected chi connectivity index (χ4v) is 3.49. The van der Waals surface area contributed by atoms with Crippen LogP contribution < -0.4 is 4.74 Å². The van der Waals surface area contributed by atoms with Crippen molar-refractivity contribution in [2.24, 2.45) is 4.99 Å². The van der Waals surface area contributed by atoms with Gasteiger partial charge < -0.3 is 9.84 Å². The first-order valence-corrected chi connectivity index (χ1v) is 9.06. The molecule has 1 atom stereocenters. The number of aliphatic carboxylic acids is 1. The Labute approximate surface area is 163 Å². The lowest BCUT2D eigenvalue weighted by Crippen LogP contribution is -2.16. The lowest BCUT2D eigenvalue weighted by Gasteiger charge is -2.19. The Morgan fingerprint density at radius 1 is 1.07 bits per heavy atom. The van der Waals surface area contributed by atoms with Crippen LogP contribution in [0.25, 0.3) is 22.0 Å². The number of allylic oxidation sites excluding steroid dienone is 1. The van der Waals surface area contributed by atoms with Crippen LogP contribution in [-0.4, -0.2) is 28.4 Å². The largest absolute Gasteiger partial charge is 0.481 e. The molecule has 0 spiro atoms. The Kier molecular flexibility index (Phi) is 4.43. The van der Waals surface area contributed by atoms with E-state index in [1.807, 2.05) is 68.5 Å². The molecule has 0 bridgehead atoms. The second-order valence-corrected chi connectivity index (χ2v) is 6.98. The number of carbonyl (C=O) groups is 1. The van der Waals surface area contributed by atoms with Gasteiger partial charge in [-0.1, -0.05) is 30.3 Å². The topological polar surface area (TPSA) is 71.8 Å². The predicted octanol–water partition coefficient (Wildman–Crippen LogP) is 4.61. The van der Waals surface area contributed by atoms with Gasteiger partial charge in [-0.15, -0.1) is 0 Å². The summed E-state index contributed by atoms with van der Waals surface area (Å²) in [5, 5.41) is 10.7. The van der Waals surface area contributed by atoms with Crippen LogP contribution in [0.4, 0.5) is 0 Å². The highest BCUT2D eigenvalue weighted by atomic mass is 16.5. The molecule has 0 saturated heterocycles. The maximum absolute atomic E-state index is 10.9. The van der Waals surface area contributed by atoms with E-state index >= 15 is 0 Å². The molecule has 1 unspecified atom stereocenters. The number of rotatable bonds is 5. The Balaban J connectivity index is 1.80. The number of hydrogen-bond acceptors (Lipinski definition) is 4. The van der Waals surface area contributed by atoms with Crippen molar-refractivity contribution in [2.75, 3.05) is 6.61 Å². The van der Waals surface area contributed by atoms with Crippen molar-refractivity contribution in [2.45, 2.75) is 19.4 Å². The minimum Gasteiger partial charge on any atom is -0.481 e. The molecule has 1 aromatic heterocycles. The smallest absolute Gasteiger partial charge is 0.341 e. The molecule has 28 heavy (non-hydrogen) atoms. The zero-order valence-electron chi connectivity index (χ0n) is 15.7. The summed E-state index contributed by atoms with van der Waals surface area (Å²) in [5.41, 5.74) is 3.22. The van der Waals surface area contributed by atoms with Gasteiger partial charge in [0.05, 0.1) is 11.4 Å². The summed E-state index contributed by atoms with van der Waals surface area (Å²) in [6.45, 7) is 3.65. The number of hydrogen-bond donors (Lipinski definition) is 1. The highest BCUT2D eigenvalue weighted by Crippen LogP contribution is 2.36. The Hall–Kier alpha value is -3.47. The van der Waals surface area contributed by atoms with Crippen molar-refractivity contribution in [3.8, 4) is 17.0 Å². The molecule has 1 aliphatic heterocycles. The quantitative estimate of drug-likeness (QED) is 0.710. The number of aliphatic imine (C=N–C) groups is 1. The molecule has 2 aromatic carbocycles. The van der Waals surface area contributed by atoms with Crippen LogP contribution >= 0.6 is 0 Å². The van der Waals surface area contributed by atoms with E-state index in [4.69, 9.17) is 19.8 Å². The van der Waals surface area contributed by atoms with Crippen molar-refractivity contribution in [1.82, 2.24) is 4.98 Å². The molecule has 4 rings (SSSR count). The molecule has 1 N–H and O–H groups in total. The molecule has 140 valence electrons. The first-order chi connectivity index (χ1) is 13.5. The molecule has 0 fully saturated rings. The Morgan fingerprint density at radius 3 is 2.57 bits per heavy atom. The third-order valence-corrected chi connectivity index (χ3v) is 4.84. The summed E-state index contributed by atoms with van der Waals surface area (Å²) < 4.78 is 5.46. The van der Waals surface area contributed by atoms with Crippen molar-refractivity contribution in [3.05, 3.63) is 72.4 Å². The summed E-state index contributed by atoms with van der Waals surface area (Å²) in [5.74, 6) is -0.458. The third-order valence-electron chi connectivity index (χ3n) is 4.84. The maximum atomic E-state index is 10.9. The fraction of sp³-hybridized carbons (Fsp3) is 0.174. The van der Waals surface area contributed by atoms with Gasteiger partial charge in [-0.3, -0.25) is 4.99 Å². The second-order valence-electron chi connectivity index (χ2n) is 6.98. The van der Waals surface area contributed by atoms with Crippen LogP contribution in [-0.2, 0) is 10.3 Å². The summed E-state index contributed by atoms with van der Waals surface area (Å²) in [6.07, 6.45) is 4.08. The van der Waals surface area contributed by atoms with E-state index < -0.39 is 11.5 Å². The van der Waals surface area contributed by atoms with Gasteiger partial charge in [0.1, 0.15) is 11.3 Å². The van der Waals surface area contributed by atoms with Crippen LogP contribution in [0.15, 0.2) is 71.7 Å². The van der Waals surface area contributed by atoms with Gasteiger partial charge in [0.2, 0.25) is 0 Å². The SMILES string of the molecule is CC1=NC(C)(c2cccc(-c3ccc(OCC(=O)O)c4ccccc34)n2)C=C1. The van der Waals surface area contributed by atoms with Crippen molar-refractivity contribution in [3.63, 3.8) is 0 Å². The van der Waals surface area contributed by atoms with Gasteiger partial charge in [0.25, 0.3) is 0 Å². The minimum atomic E-state index is -1.00. The second kappa shape index (κ2) is 6.93.